The number of H-pyrrole nitrogens is 1. The number of amides is 1. The molecular weight excluding hydrogens is 316 g/mol. The molecule has 0 spiro atoms. The van der Waals surface area contributed by atoms with E-state index >= 15 is 0 Å². The van der Waals surface area contributed by atoms with E-state index in [4.69, 9.17) is 9.15 Å². The molecule has 1 aromatic carbocycles. The van der Waals surface area contributed by atoms with Crippen LogP contribution >= 0.6 is 11.8 Å². The molecule has 0 aliphatic rings. The van der Waals surface area contributed by atoms with Crippen LogP contribution in [0.15, 0.2) is 52.2 Å². The highest BCUT2D eigenvalue weighted by Gasteiger charge is 2.11. The van der Waals surface area contributed by atoms with Crippen molar-refractivity contribution in [2.45, 2.75) is 5.16 Å². The van der Waals surface area contributed by atoms with Gasteiger partial charge in [-0.15, -0.1) is 5.10 Å². The molecule has 0 saturated carbocycles. The van der Waals surface area contributed by atoms with Crippen LogP contribution in [0.25, 0.3) is 11.6 Å². The lowest BCUT2D eigenvalue weighted by Crippen LogP contribution is -2.14. The summed E-state index contributed by atoms with van der Waals surface area (Å²) in [6.45, 7) is 0. The van der Waals surface area contributed by atoms with Crippen LogP contribution in [-0.2, 0) is 4.79 Å². The second kappa shape index (κ2) is 7.01. The molecule has 0 aliphatic carbocycles. The number of benzene rings is 1. The molecule has 0 bridgehead atoms. The molecule has 0 unspecified atom stereocenters. The average Bonchev–Trinajstić information content (AvgIpc) is 3.24. The summed E-state index contributed by atoms with van der Waals surface area (Å²) in [4.78, 5) is 16.3. The number of nitrogens with one attached hydrogen (secondary N) is 2. The van der Waals surface area contributed by atoms with E-state index in [0.717, 1.165) is 0 Å². The number of rotatable bonds is 6. The lowest BCUT2D eigenvalue weighted by molar-refractivity contribution is -0.113. The largest absolute Gasteiger partial charge is 0.495 e. The Balaban J connectivity index is 1.57. The number of furan rings is 1. The molecule has 118 valence electrons. The van der Waals surface area contributed by atoms with Crippen molar-refractivity contribution in [2.75, 3.05) is 18.2 Å². The number of hydrogen-bond donors (Lipinski definition) is 2. The number of anilines is 1. The van der Waals surface area contributed by atoms with Crippen LogP contribution in [0.5, 0.6) is 5.75 Å². The second-order valence-electron chi connectivity index (χ2n) is 4.48. The van der Waals surface area contributed by atoms with E-state index < -0.39 is 0 Å². The Morgan fingerprint density at radius 2 is 2.22 bits per heavy atom. The first-order valence-corrected chi connectivity index (χ1v) is 7.77. The number of aromatic amines is 1. The molecule has 3 rings (SSSR count). The fourth-order valence-corrected chi connectivity index (χ4v) is 2.50. The Labute approximate surface area is 136 Å². The Hall–Kier alpha value is -2.74. The minimum Gasteiger partial charge on any atom is -0.495 e. The molecule has 0 aliphatic heterocycles. The third kappa shape index (κ3) is 3.72. The molecule has 0 atom stereocenters. The molecule has 7 nitrogen and oxygen atoms in total. The van der Waals surface area contributed by atoms with E-state index in [1.54, 1.807) is 37.6 Å². The summed E-state index contributed by atoms with van der Waals surface area (Å²) < 4.78 is 10.4. The average molecular weight is 330 g/mol. The first-order valence-electron chi connectivity index (χ1n) is 6.78. The molecule has 8 heteroatoms. The highest BCUT2D eigenvalue weighted by molar-refractivity contribution is 7.99. The van der Waals surface area contributed by atoms with Gasteiger partial charge in [-0.3, -0.25) is 9.89 Å². The lowest BCUT2D eigenvalue weighted by atomic mass is 10.3. The number of para-hydroxylation sites is 2. The Kier molecular flexibility index (Phi) is 4.62. The number of methoxy groups -OCH3 is 1. The maximum atomic E-state index is 12.0. The number of carbonyl (C=O) groups excluding carboxylic acids is 1. The number of aromatic nitrogens is 3. The summed E-state index contributed by atoms with van der Waals surface area (Å²) in [6, 6.07) is 10.8. The highest BCUT2D eigenvalue weighted by Crippen LogP contribution is 2.24. The predicted molar refractivity (Wildman–Crippen MR) is 86.4 cm³/mol. The van der Waals surface area contributed by atoms with Gasteiger partial charge in [0.2, 0.25) is 11.1 Å². The summed E-state index contributed by atoms with van der Waals surface area (Å²) in [7, 11) is 1.56. The molecule has 0 fully saturated rings. The SMILES string of the molecule is COc1ccccc1NC(=O)CSc1n[nH]c(-c2ccco2)n1. The zero-order chi connectivity index (χ0) is 16.1. The molecule has 1 amide bonds. The highest BCUT2D eigenvalue weighted by atomic mass is 32.2. The van der Waals surface area contributed by atoms with Gasteiger partial charge in [0.15, 0.2) is 11.6 Å². The first kappa shape index (κ1) is 15.2. The van der Waals surface area contributed by atoms with Crippen molar-refractivity contribution in [1.82, 2.24) is 15.2 Å². The fraction of sp³-hybridized carbons (Fsp3) is 0.133. The minimum absolute atomic E-state index is 0.163. The van der Waals surface area contributed by atoms with E-state index in [1.165, 1.54) is 11.8 Å². The third-order valence-corrected chi connectivity index (χ3v) is 3.78. The Bertz CT molecular complexity index is 786. The topological polar surface area (TPSA) is 93.0 Å². The molecule has 23 heavy (non-hydrogen) atoms. The van der Waals surface area contributed by atoms with Crippen LogP contribution in [0, 0.1) is 0 Å². The third-order valence-electron chi connectivity index (χ3n) is 2.93. The standard InChI is InChI=1S/C15H14N4O3S/c1-21-11-6-3-2-5-10(11)16-13(20)9-23-15-17-14(18-19-15)12-7-4-8-22-12/h2-8H,9H2,1H3,(H,16,20)(H,17,18,19). The summed E-state index contributed by atoms with van der Waals surface area (Å²) in [6.07, 6.45) is 1.56. The van der Waals surface area contributed by atoms with Crippen LogP contribution in [0.4, 0.5) is 5.69 Å². The number of hydrogen-bond acceptors (Lipinski definition) is 6. The number of carbonyl (C=O) groups is 1. The maximum absolute atomic E-state index is 12.0. The molecule has 3 aromatic rings. The summed E-state index contributed by atoms with van der Waals surface area (Å²) in [5.74, 6) is 1.77. The van der Waals surface area contributed by atoms with E-state index in [1.807, 2.05) is 12.1 Å². The molecule has 0 saturated heterocycles. The number of nitrogens with zero attached hydrogens (tertiary/aromatic N) is 2. The first-order chi connectivity index (χ1) is 11.3. The summed E-state index contributed by atoms with van der Waals surface area (Å²) >= 11 is 1.23. The normalized spacial score (nSPS) is 10.5. The van der Waals surface area contributed by atoms with Gasteiger partial charge in [-0.25, -0.2) is 0 Å². The number of thioether (sulfide) groups is 1. The minimum atomic E-state index is -0.163. The van der Waals surface area contributed by atoms with Gasteiger partial charge in [0.05, 0.1) is 24.8 Å². The molecule has 0 radical (unpaired) electrons. The molecule has 2 N–H and O–H groups in total. The summed E-state index contributed by atoms with van der Waals surface area (Å²) in [5.41, 5.74) is 0.631. The molecule has 2 aromatic heterocycles. The van der Waals surface area contributed by atoms with Crippen molar-refractivity contribution in [3.8, 4) is 17.3 Å². The van der Waals surface area contributed by atoms with Crippen LogP contribution in [0.2, 0.25) is 0 Å². The summed E-state index contributed by atoms with van der Waals surface area (Å²) in [5, 5.41) is 10.1. The van der Waals surface area contributed by atoms with E-state index in [0.29, 0.717) is 28.2 Å². The van der Waals surface area contributed by atoms with E-state index in [2.05, 4.69) is 20.5 Å². The van der Waals surface area contributed by atoms with Crippen molar-refractivity contribution < 1.29 is 13.9 Å². The van der Waals surface area contributed by atoms with Crippen molar-refractivity contribution in [2.24, 2.45) is 0 Å². The molecular formula is C15H14N4O3S. The maximum Gasteiger partial charge on any atom is 0.234 e. The second-order valence-corrected chi connectivity index (χ2v) is 5.42. The van der Waals surface area contributed by atoms with Crippen LogP contribution in [0.3, 0.4) is 0 Å². The van der Waals surface area contributed by atoms with E-state index in [9.17, 15) is 4.79 Å². The molecule has 2 heterocycles. The number of ether oxygens (including phenoxy) is 1. The van der Waals surface area contributed by atoms with Crippen molar-refractivity contribution >= 4 is 23.4 Å². The fourth-order valence-electron chi connectivity index (χ4n) is 1.90. The van der Waals surface area contributed by atoms with Gasteiger partial charge in [0.1, 0.15) is 5.75 Å². The van der Waals surface area contributed by atoms with Gasteiger partial charge in [-0.1, -0.05) is 23.9 Å². The van der Waals surface area contributed by atoms with Crippen LogP contribution in [-0.4, -0.2) is 34.0 Å². The quantitative estimate of drug-likeness (QED) is 0.675. The van der Waals surface area contributed by atoms with Crippen LogP contribution in [0.1, 0.15) is 0 Å². The lowest BCUT2D eigenvalue weighted by Gasteiger charge is -2.08. The predicted octanol–water partition coefficient (Wildman–Crippen LogP) is 2.80. The van der Waals surface area contributed by atoms with Gasteiger partial charge in [0.25, 0.3) is 0 Å². The van der Waals surface area contributed by atoms with Gasteiger partial charge in [-0.2, -0.15) is 4.98 Å². The zero-order valence-electron chi connectivity index (χ0n) is 12.3. The van der Waals surface area contributed by atoms with Gasteiger partial charge >= 0.3 is 0 Å². The van der Waals surface area contributed by atoms with Crippen molar-refractivity contribution in [3.05, 3.63) is 42.7 Å². The van der Waals surface area contributed by atoms with Gasteiger partial charge in [0, 0.05) is 0 Å². The van der Waals surface area contributed by atoms with Crippen molar-refractivity contribution in [1.29, 1.82) is 0 Å². The van der Waals surface area contributed by atoms with Crippen molar-refractivity contribution in [3.63, 3.8) is 0 Å². The Morgan fingerprint density at radius 3 is 3.00 bits per heavy atom. The van der Waals surface area contributed by atoms with Gasteiger partial charge in [-0.05, 0) is 24.3 Å². The Morgan fingerprint density at radius 1 is 1.35 bits per heavy atom. The van der Waals surface area contributed by atoms with Gasteiger partial charge < -0.3 is 14.5 Å². The smallest absolute Gasteiger partial charge is 0.234 e. The monoisotopic (exact) mass is 330 g/mol. The van der Waals surface area contributed by atoms with E-state index in [-0.39, 0.29) is 11.7 Å². The van der Waals surface area contributed by atoms with Crippen LogP contribution < -0.4 is 10.1 Å². The zero-order valence-corrected chi connectivity index (χ0v) is 13.1.